The van der Waals surface area contributed by atoms with Crippen LogP contribution in [0.1, 0.15) is 17.3 Å². The largest absolute Gasteiger partial charge is 0.522 e. The van der Waals surface area contributed by atoms with Crippen LogP contribution in [0.5, 0.6) is 0 Å². The van der Waals surface area contributed by atoms with Crippen LogP contribution in [0.15, 0.2) is 10.6 Å². The minimum atomic E-state index is -4.81. The smallest absolute Gasteiger partial charge is 0.375 e. The maximum atomic E-state index is 15.3. The first-order chi connectivity index (χ1) is 14.7. The maximum absolute atomic E-state index is 15.3. The number of thioether (sulfide) groups is 1. The number of morpholine rings is 1. The standard InChI is InChI=1S/C18H17F4N3O5S/c1-9-5-24(2-3-28-9)14-10(7-26)4-12-15(13(14)19)30-23-16(12)25-6-11(31-17(25)27)8-29-18(20,21)22/h4,7,9,11H,2-3,5-6,8H2,1H3. The summed E-state index contributed by atoms with van der Waals surface area (Å²) in [6, 6.07) is 1.37. The van der Waals surface area contributed by atoms with Crippen LogP contribution in [0.2, 0.25) is 0 Å². The average Bonchev–Trinajstić information content (AvgIpc) is 3.28. The molecular formula is C18H17F4N3O5S. The van der Waals surface area contributed by atoms with Gasteiger partial charge >= 0.3 is 6.36 Å². The van der Waals surface area contributed by atoms with Crippen LogP contribution in [0, 0.1) is 5.82 Å². The molecule has 2 aliphatic heterocycles. The van der Waals surface area contributed by atoms with Crippen molar-refractivity contribution in [3.05, 3.63) is 17.4 Å². The predicted molar refractivity (Wildman–Crippen MR) is 103 cm³/mol. The van der Waals surface area contributed by atoms with Gasteiger partial charge in [0.1, 0.15) is 0 Å². The van der Waals surface area contributed by atoms with Crippen LogP contribution >= 0.6 is 11.8 Å². The Morgan fingerprint density at radius 2 is 2.16 bits per heavy atom. The first-order valence-electron chi connectivity index (χ1n) is 9.30. The lowest BCUT2D eigenvalue weighted by Crippen LogP contribution is -2.42. The summed E-state index contributed by atoms with van der Waals surface area (Å²) in [6.45, 7) is 2.06. The van der Waals surface area contributed by atoms with Crippen molar-refractivity contribution in [1.82, 2.24) is 5.16 Å². The van der Waals surface area contributed by atoms with Gasteiger partial charge in [0.05, 0.1) is 35.6 Å². The van der Waals surface area contributed by atoms with Gasteiger partial charge in [0.15, 0.2) is 17.9 Å². The van der Waals surface area contributed by atoms with E-state index in [1.807, 2.05) is 6.92 Å². The number of anilines is 2. The predicted octanol–water partition coefficient (Wildman–Crippen LogP) is 3.58. The molecule has 2 atom stereocenters. The van der Waals surface area contributed by atoms with Gasteiger partial charge in [-0.1, -0.05) is 16.9 Å². The number of ether oxygens (including phenoxy) is 2. The van der Waals surface area contributed by atoms with Gasteiger partial charge in [0, 0.05) is 25.2 Å². The minimum absolute atomic E-state index is 0.0415. The Balaban J connectivity index is 1.66. The van der Waals surface area contributed by atoms with Crippen LogP contribution < -0.4 is 9.80 Å². The molecule has 0 radical (unpaired) electrons. The molecule has 1 aromatic carbocycles. The molecule has 0 spiro atoms. The fourth-order valence-electron chi connectivity index (χ4n) is 3.63. The van der Waals surface area contributed by atoms with Crippen molar-refractivity contribution in [3.8, 4) is 0 Å². The van der Waals surface area contributed by atoms with Crippen molar-refractivity contribution in [2.45, 2.75) is 24.6 Å². The third-order valence-corrected chi connectivity index (χ3v) is 5.98. The number of aromatic nitrogens is 1. The summed E-state index contributed by atoms with van der Waals surface area (Å²) in [5.74, 6) is -0.866. The Labute approximate surface area is 177 Å². The number of fused-ring (bicyclic) bond motifs is 1. The molecule has 4 rings (SSSR count). The van der Waals surface area contributed by atoms with Gasteiger partial charge < -0.3 is 14.2 Å². The number of benzene rings is 1. The molecule has 3 heterocycles. The number of aldehydes is 1. The summed E-state index contributed by atoms with van der Waals surface area (Å²) in [4.78, 5) is 26.8. The third-order valence-electron chi connectivity index (χ3n) is 4.94. The van der Waals surface area contributed by atoms with E-state index in [0.717, 1.165) is 4.90 Å². The van der Waals surface area contributed by atoms with Gasteiger partial charge in [-0.15, -0.1) is 13.2 Å². The number of rotatable bonds is 5. The highest BCUT2D eigenvalue weighted by Gasteiger charge is 2.38. The SMILES string of the molecule is CC1CN(c2c(C=O)cc3c(N4CC(COC(F)(F)F)SC4=O)noc3c2F)CCO1. The summed E-state index contributed by atoms with van der Waals surface area (Å²) in [6.07, 6.45) is -4.48. The Bertz CT molecular complexity index is 1010. The highest BCUT2D eigenvalue weighted by molar-refractivity contribution is 8.14. The van der Waals surface area contributed by atoms with Crippen molar-refractivity contribution < 1.29 is 41.1 Å². The summed E-state index contributed by atoms with van der Waals surface area (Å²) < 4.78 is 66.6. The normalized spacial score (nSPS) is 22.5. The van der Waals surface area contributed by atoms with E-state index in [4.69, 9.17) is 9.26 Å². The summed E-state index contributed by atoms with van der Waals surface area (Å²) in [7, 11) is 0. The zero-order valence-corrected chi connectivity index (χ0v) is 17.0. The van der Waals surface area contributed by atoms with Crippen molar-refractivity contribution in [2.24, 2.45) is 0 Å². The van der Waals surface area contributed by atoms with Crippen LogP contribution in [0.3, 0.4) is 0 Å². The zero-order chi connectivity index (χ0) is 22.3. The first kappa shape index (κ1) is 21.8. The number of carbonyl (C=O) groups is 2. The molecule has 2 unspecified atom stereocenters. The second kappa shape index (κ2) is 8.28. The lowest BCUT2D eigenvalue weighted by molar-refractivity contribution is -0.323. The van der Waals surface area contributed by atoms with Crippen LogP contribution in [-0.2, 0) is 9.47 Å². The van der Waals surface area contributed by atoms with Crippen molar-refractivity contribution in [1.29, 1.82) is 0 Å². The number of carbonyl (C=O) groups excluding carboxylic acids is 2. The molecule has 0 saturated carbocycles. The van der Waals surface area contributed by atoms with Crippen LogP contribution in [-0.4, -0.2) is 67.2 Å². The molecule has 8 nitrogen and oxygen atoms in total. The van der Waals surface area contributed by atoms with E-state index < -0.39 is 29.3 Å². The van der Waals surface area contributed by atoms with Gasteiger partial charge in [-0.25, -0.2) is 4.39 Å². The van der Waals surface area contributed by atoms with Gasteiger partial charge in [-0.2, -0.15) is 0 Å². The van der Waals surface area contributed by atoms with Crippen LogP contribution in [0.25, 0.3) is 11.0 Å². The van der Waals surface area contributed by atoms with Gasteiger partial charge in [0.25, 0.3) is 5.24 Å². The molecule has 13 heteroatoms. The molecular weight excluding hydrogens is 446 g/mol. The van der Waals surface area contributed by atoms with Gasteiger partial charge in [0.2, 0.25) is 5.58 Å². The average molecular weight is 463 g/mol. The summed E-state index contributed by atoms with van der Waals surface area (Å²) >= 11 is 0.656. The van der Waals surface area contributed by atoms with E-state index in [-0.39, 0.29) is 40.7 Å². The van der Waals surface area contributed by atoms with Crippen molar-refractivity contribution in [2.75, 3.05) is 42.6 Å². The molecule has 0 N–H and O–H groups in total. The fraction of sp³-hybridized carbons (Fsp3) is 0.500. The molecule has 2 aliphatic rings. The van der Waals surface area contributed by atoms with Crippen molar-refractivity contribution in [3.63, 3.8) is 0 Å². The maximum Gasteiger partial charge on any atom is 0.522 e. The number of nitrogens with zero attached hydrogens (tertiary/aromatic N) is 3. The molecule has 1 amide bonds. The van der Waals surface area contributed by atoms with E-state index >= 15 is 4.39 Å². The molecule has 168 valence electrons. The topological polar surface area (TPSA) is 85.1 Å². The highest BCUT2D eigenvalue weighted by Crippen LogP contribution is 2.39. The summed E-state index contributed by atoms with van der Waals surface area (Å²) in [5, 5.41) is 2.46. The highest BCUT2D eigenvalue weighted by atomic mass is 32.2. The molecule has 2 saturated heterocycles. The molecule has 0 aliphatic carbocycles. The molecule has 2 aromatic rings. The third kappa shape index (κ3) is 4.34. The zero-order valence-electron chi connectivity index (χ0n) is 16.1. The molecule has 31 heavy (non-hydrogen) atoms. The molecule has 2 fully saturated rings. The van der Waals surface area contributed by atoms with Crippen LogP contribution in [0.4, 0.5) is 33.9 Å². The number of amides is 1. The fourth-order valence-corrected chi connectivity index (χ4v) is 4.56. The van der Waals surface area contributed by atoms with Gasteiger partial charge in [-0.05, 0) is 13.0 Å². The molecule has 0 bridgehead atoms. The lowest BCUT2D eigenvalue weighted by Gasteiger charge is -2.33. The monoisotopic (exact) mass is 463 g/mol. The van der Waals surface area contributed by atoms with Gasteiger partial charge in [-0.3, -0.25) is 19.2 Å². The Morgan fingerprint density at radius 1 is 1.39 bits per heavy atom. The first-order valence-corrected chi connectivity index (χ1v) is 10.2. The Morgan fingerprint density at radius 3 is 2.84 bits per heavy atom. The number of halogens is 4. The lowest BCUT2D eigenvalue weighted by atomic mass is 10.1. The number of alkyl halides is 3. The quantitative estimate of drug-likeness (QED) is 0.492. The summed E-state index contributed by atoms with van der Waals surface area (Å²) in [5.41, 5.74) is -0.152. The van der Waals surface area contributed by atoms with E-state index in [1.165, 1.54) is 6.07 Å². The second-order valence-electron chi connectivity index (χ2n) is 7.13. The van der Waals surface area contributed by atoms with E-state index in [1.54, 1.807) is 4.90 Å². The molecule has 1 aromatic heterocycles. The Kier molecular flexibility index (Phi) is 5.83. The number of hydrogen-bond donors (Lipinski definition) is 0. The van der Waals surface area contributed by atoms with E-state index in [0.29, 0.717) is 37.7 Å². The van der Waals surface area contributed by atoms with E-state index in [2.05, 4.69) is 9.89 Å². The van der Waals surface area contributed by atoms with Crippen molar-refractivity contribution >= 4 is 45.8 Å². The van der Waals surface area contributed by atoms with E-state index in [9.17, 15) is 22.8 Å². The number of hydrogen-bond acceptors (Lipinski definition) is 8. The Hall–Kier alpha value is -2.38. The second-order valence-corrected chi connectivity index (χ2v) is 8.38. The minimum Gasteiger partial charge on any atom is -0.375 e.